The van der Waals surface area contributed by atoms with Crippen molar-refractivity contribution in [3.8, 4) is 0 Å². The number of hydrogen-bond acceptors (Lipinski definition) is 2. The maximum absolute atomic E-state index is 5.93. The Morgan fingerprint density at radius 3 is 1.76 bits per heavy atom. The van der Waals surface area contributed by atoms with Crippen LogP contribution in [0.4, 0.5) is 0 Å². The predicted molar refractivity (Wildman–Crippen MR) is 142 cm³/mol. The van der Waals surface area contributed by atoms with Gasteiger partial charge in [-0.1, -0.05) is 73.7 Å². The Morgan fingerprint density at radius 2 is 1.27 bits per heavy atom. The lowest BCUT2D eigenvalue weighted by molar-refractivity contribution is 0.592. The van der Waals surface area contributed by atoms with E-state index in [1.54, 1.807) is 12.5 Å². The molecule has 0 radical (unpaired) electrons. The summed E-state index contributed by atoms with van der Waals surface area (Å²) in [5.41, 5.74) is 5.13. The summed E-state index contributed by atoms with van der Waals surface area (Å²) < 4.78 is 11.9. The summed E-state index contributed by atoms with van der Waals surface area (Å²) >= 11 is 0. The third kappa shape index (κ3) is 4.31. The lowest BCUT2D eigenvalue weighted by Gasteiger charge is -2.34. The average molecular weight is 470 g/mol. The molecule has 0 saturated carbocycles. The Bertz CT molecular complexity index is 1190. The van der Waals surface area contributed by atoms with Crippen molar-refractivity contribution in [1.29, 1.82) is 0 Å². The summed E-state index contributed by atoms with van der Waals surface area (Å²) in [7, 11) is -1.43. The summed E-state index contributed by atoms with van der Waals surface area (Å²) in [6, 6.07) is 25.9. The van der Waals surface area contributed by atoms with Crippen molar-refractivity contribution in [2.45, 2.75) is 26.4 Å². The highest BCUT2D eigenvalue weighted by Gasteiger charge is 2.37. The van der Waals surface area contributed by atoms with Gasteiger partial charge < -0.3 is 8.83 Å². The summed E-state index contributed by atoms with van der Waals surface area (Å²) in [4.78, 5) is 0. The first-order valence-corrected chi connectivity index (χ1v) is 14.1. The second kappa shape index (κ2) is 9.68. The van der Waals surface area contributed by atoms with E-state index in [1.807, 2.05) is 12.1 Å². The van der Waals surface area contributed by atoms with Crippen LogP contribution in [0.5, 0.6) is 0 Å². The van der Waals surface area contributed by atoms with E-state index in [4.69, 9.17) is 8.83 Å². The zero-order valence-corrected chi connectivity index (χ0v) is 21.0. The molecule has 33 heavy (non-hydrogen) atoms. The zero-order valence-electron chi connectivity index (χ0n) is 19.2. The van der Waals surface area contributed by atoms with Crippen LogP contribution < -0.4 is 21.6 Å². The maximum Gasteiger partial charge on any atom is 0.137 e. The standard InChI is InChI=1S/C29H28O2P2/c1-21-11-4-6-14-25(21)32(26-15-7-5-12-22(26)2)23(3)24-13-8-16-27(24)33(28-17-9-19-30-28)29-18-10-20-31-29/h4-20,23-24H,1-3H3/t23-,24?/m0/s1. The van der Waals surface area contributed by atoms with Crippen molar-refractivity contribution in [3.05, 3.63) is 120 Å². The largest absolute Gasteiger partial charge is 0.464 e. The fourth-order valence-electron chi connectivity index (χ4n) is 4.67. The minimum atomic E-state index is -0.852. The van der Waals surface area contributed by atoms with E-state index in [0.29, 0.717) is 11.6 Å². The van der Waals surface area contributed by atoms with Gasteiger partial charge in [0.15, 0.2) is 0 Å². The summed E-state index contributed by atoms with van der Waals surface area (Å²) in [5.74, 6) is 0.316. The third-order valence-electron chi connectivity index (χ3n) is 6.32. The van der Waals surface area contributed by atoms with Crippen LogP contribution in [0, 0.1) is 19.8 Å². The monoisotopic (exact) mass is 470 g/mol. The van der Waals surface area contributed by atoms with Crippen LogP contribution in [-0.2, 0) is 0 Å². The molecule has 0 amide bonds. The molecule has 0 fully saturated rings. The van der Waals surface area contributed by atoms with Gasteiger partial charge in [0, 0.05) is 5.92 Å². The lowest BCUT2D eigenvalue weighted by Crippen LogP contribution is -2.28. The Kier molecular flexibility index (Phi) is 6.50. The van der Waals surface area contributed by atoms with E-state index >= 15 is 0 Å². The van der Waals surface area contributed by atoms with Crippen LogP contribution >= 0.6 is 15.8 Å². The van der Waals surface area contributed by atoms with Gasteiger partial charge in [0.2, 0.25) is 0 Å². The van der Waals surface area contributed by atoms with Crippen LogP contribution in [0.3, 0.4) is 0 Å². The van der Waals surface area contributed by atoms with Crippen LogP contribution in [0.25, 0.3) is 0 Å². The second-order valence-electron chi connectivity index (χ2n) is 8.42. The Hall–Kier alpha value is -2.66. The predicted octanol–water partition coefficient (Wildman–Crippen LogP) is 6.51. The number of rotatable bonds is 7. The molecule has 1 aliphatic carbocycles. The molecule has 0 bridgehead atoms. The molecule has 5 rings (SSSR count). The molecule has 2 aromatic heterocycles. The molecule has 2 nitrogen and oxygen atoms in total. The number of allylic oxidation sites excluding steroid dienone is 4. The number of hydrogen-bond donors (Lipinski definition) is 0. The van der Waals surface area contributed by atoms with Crippen LogP contribution in [0.15, 0.2) is 118 Å². The summed E-state index contributed by atoms with van der Waals surface area (Å²) in [6.45, 7) is 6.92. The molecule has 2 atom stereocenters. The second-order valence-corrected chi connectivity index (χ2v) is 13.0. The van der Waals surface area contributed by atoms with Gasteiger partial charge in [0.1, 0.15) is 11.0 Å². The molecule has 0 aliphatic heterocycles. The highest BCUT2D eigenvalue weighted by Crippen LogP contribution is 2.55. The van der Waals surface area contributed by atoms with Gasteiger partial charge in [0.25, 0.3) is 0 Å². The van der Waals surface area contributed by atoms with Crippen molar-refractivity contribution in [3.63, 3.8) is 0 Å². The summed E-state index contributed by atoms with van der Waals surface area (Å²) in [6.07, 6.45) is 10.4. The average Bonchev–Trinajstić information content (AvgIpc) is 3.61. The number of benzene rings is 2. The van der Waals surface area contributed by atoms with Crippen molar-refractivity contribution in [2.24, 2.45) is 5.92 Å². The Morgan fingerprint density at radius 1 is 0.727 bits per heavy atom. The lowest BCUT2D eigenvalue weighted by atomic mass is 10.1. The maximum atomic E-state index is 5.93. The van der Waals surface area contributed by atoms with Gasteiger partial charge in [-0.05, 0) is 78.7 Å². The van der Waals surface area contributed by atoms with Gasteiger partial charge >= 0.3 is 0 Å². The summed E-state index contributed by atoms with van der Waals surface area (Å²) in [5, 5.41) is 4.33. The normalized spacial score (nSPS) is 16.5. The topological polar surface area (TPSA) is 26.3 Å². The molecule has 0 saturated heterocycles. The zero-order chi connectivity index (χ0) is 22.8. The van der Waals surface area contributed by atoms with E-state index in [0.717, 1.165) is 11.0 Å². The third-order valence-corrected chi connectivity index (χ3v) is 11.8. The van der Waals surface area contributed by atoms with Crippen molar-refractivity contribution >= 4 is 37.5 Å². The fourth-order valence-corrected chi connectivity index (χ4v) is 10.3. The van der Waals surface area contributed by atoms with Crippen LogP contribution in [-0.4, -0.2) is 5.66 Å². The molecular weight excluding hydrogens is 442 g/mol. The highest BCUT2D eigenvalue weighted by molar-refractivity contribution is 7.76. The minimum Gasteiger partial charge on any atom is -0.464 e. The van der Waals surface area contributed by atoms with Gasteiger partial charge in [-0.2, -0.15) is 0 Å². The van der Waals surface area contributed by atoms with E-state index < -0.39 is 15.8 Å². The van der Waals surface area contributed by atoms with E-state index in [2.05, 4.69) is 99.7 Å². The van der Waals surface area contributed by atoms with Gasteiger partial charge in [0.05, 0.1) is 20.4 Å². The van der Waals surface area contributed by atoms with Gasteiger partial charge in [-0.3, -0.25) is 0 Å². The van der Waals surface area contributed by atoms with E-state index in [1.165, 1.54) is 27.1 Å². The first kappa shape index (κ1) is 22.1. The van der Waals surface area contributed by atoms with Gasteiger partial charge in [-0.15, -0.1) is 0 Å². The molecule has 4 aromatic rings. The highest BCUT2D eigenvalue weighted by atomic mass is 31.1. The molecule has 4 heteroatoms. The first-order chi connectivity index (χ1) is 16.1. The van der Waals surface area contributed by atoms with Gasteiger partial charge in [-0.25, -0.2) is 0 Å². The molecule has 2 heterocycles. The molecule has 1 unspecified atom stereocenters. The van der Waals surface area contributed by atoms with E-state index in [-0.39, 0.29) is 0 Å². The Balaban J connectivity index is 1.59. The Labute approximate surface area is 198 Å². The van der Waals surface area contributed by atoms with Crippen molar-refractivity contribution in [2.75, 3.05) is 0 Å². The van der Waals surface area contributed by atoms with Crippen molar-refractivity contribution < 1.29 is 8.83 Å². The van der Waals surface area contributed by atoms with E-state index in [9.17, 15) is 0 Å². The molecule has 0 spiro atoms. The van der Waals surface area contributed by atoms with Crippen LogP contribution in [0.2, 0.25) is 0 Å². The quantitative estimate of drug-likeness (QED) is 0.288. The van der Waals surface area contributed by atoms with Crippen LogP contribution in [0.1, 0.15) is 18.1 Å². The minimum absolute atomic E-state index is 0.316. The molecule has 166 valence electrons. The first-order valence-electron chi connectivity index (χ1n) is 11.3. The molecular formula is C29H28O2P2. The SMILES string of the molecule is Cc1ccccc1P(c1ccccc1C)[C@@H](C)C1C=CC=C1P(c1ccco1)c1ccco1. The van der Waals surface area contributed by atoms with Crippen molar-refractivity contribution in [1.82, 2.24) is 0 Å². The number of aryl methyl sites for hydroxylation is 2. The number of furan rings is 2. The molecule has 1 aliphatic rings. The molecule has 2 aromatic carbocycles. The fraction of sp³-hybridized carbons (Fsp3) is 0.172. The smallest absolute Gasteiger partial charge is 0.137 e. The molecule has 0 N–H and O–H groups in total.